The maximum absolute atomic E-state index is 5.73. The first-order valence-corrected chi connectivity index (χ1v) is 6.93. The maximum atomic E-state index is 5.73. The number of rotatable bonds is 5. The molecule has 0 aliphatic heterocycles. The van der Waals surface area contributed by atoms with Crippen LogP contribution in [0.2, 0.25) is 0 Å². The quantitative estimate of drug-likeness (QED) is 0.899. The van der Waals surface area contributed by atoms with Crippen LogP contribution in [-0.2, 0) is 13.2 Å². The van der Waals surface area contributed by atoms with Crippen molar-refractivity contribution in [3.05, 3.63) is 45.8 Å². The van der Waals surface area contributed by atoms with Crippen LogP contribution in [0.5, 0.6) is 5.88 Å². The lowest BCUT2D eigenvalue weighted by Crippen LogP contribution is -2.04. The van der Waals surface area contributed by atoms with Crippen molar-refractivity contribution in [2.45, 2.75) is 32.9 Å². The van der Waals surface area contributed by atoms with Gasteiger partial charge in [-0.05, 0) is 29.0 Å². The van der Waals surface area contributed by atoms with Gasteiger partial charge in [0.15, 0.2) is 0 Å². The SMILES string of the molecule is CC(C)c1cc(CN)cc(OCc2cccs2)n1. The highest BCUT2D eigenvalue weighted by atomic mass is 32.1. The van der Waals surface area contributed by atoms with Gasteiger partial charge in [0, 0.05) is 23.2 Å². The summed E-state index contributed by atoms with van der Waals surface area (Å²) in [6, 6.07) is 8.04. The fourth-order valence-corrected chi connectivity index (χ4v) is 2.23. The Morgan fingerprint density at radius 3 is 2.83 bits per heavy atom. The second-order valence-electron chi connectivity index (χ2n) is 4.47. The average molecular weight is 262 g/mol. The summed E-state index contributed by atoms with van der Waals surface area (Å²) in [5, 5.41) is 2.04. The number of ether oxygens (including phenoxy) is 1. The molecule has 0 amide bonds. The normalized spacial score (nSPS) is 10.9. The molecule has 0 unspecified atom stereocenters. The summed E-state index contributed by atoms with van der Waals surface area (Å²) in [7, 11) is 0. The number of hydrogen-bond acceptors (Lipinski definition) is 4. The zero-order valence-corrected chi connectivity index (χ0v) is 11.5. The van der Waals surface area contributed by atoms with Crippen molar-refractivity contribution in [2.75, 3.05) is 0 Å². The van der Waals surface area contributed by atoms with E-state index in [-0.39, 0.29) is 0 Å². The molecule has 2 aromatic rings. The van der Waals surface area contributed by atoms with Crippen LogP contribution in [0.1, 0.15) is 35.9 Å². The largest absolute Gasteiger partial charge is 0.472 e. The number of nitrogens with zero attached hydrogens (tertiary/aromatic N) is 1. The number of nitrogens with two attached hydrogens (primary N) is 1. The van der Waals surface area contributed by atoms with Gasteiger partial charge in [-0.3, -0.25) is 0 Å². The minimum atomic E-state index is 0.376. The van der Waals surface area contributed by atoms with Crippen LogP contribution in [0.3, 0.4) is 0 Å². The lowest BCUT2D eigenvalue weighted by molar-refractivity contribution is 0.295. The molecule has 2 N–H and O–H groups in total. The fraction of sp³-hybridized carbons (Fsp3) is 0.357. The minimum Gasteiger partial charge on any atom is -0.472 e. The molecule has 0 atom stereocenters. The molecular formula is C14H18N2OS. The number of pyridine rings is 1. The summed E-state index contributed by atoms with van der Waals surface area (Å²) in [5.41, 5.74) is 7.79. The first kappa shape index (κ1) is 13.1. The number of aromatic nitrogens is 1. The summed E-state index contributed by atoms with van der Waals surface area (Å²) in [5.74, 6) is 1.04. The smallest absolute Gasteiger partial charge is 0.214 e. The standard InChI is InChI=1S/C14H18N2OS/c1-10(2)13-6-11(8-15)7-14(16-13)17-9-12-4-3-5-18-12/h3-7,10H,8-9,15H2,1-2H3. The number of hydrogen-bond donors (Lipinski definition) is 1. The van der Waals surface area contributed by atoms with E-state index in [1.165, 1.54) is 4.88 Å². The lowest BCUT2D eigenvalue weighted by Gasteiger charge is -2.10. The van der Waals surface area contributed by atoms with Gasteiger partial charge in [-0.15, -0.1) is 11.3 Å². The van der Waals surface area contributed by atoms with Gasteiger partial charge in [0.1, 0.15) is 6.61 Å². The zero-order valence-electron chi connectivity index (χ0n) is 10.7. The molecule has 96 valence electrons. The first-order valence-electron chi connectivity index (χ1n) is 6.05. The molecule has 0 aliphatic rings. The van der Waals surface area contributed by atoms with Crippen molar-refractivity contribution >= 4 is 11.3 Å². The second kappa shape index (κ2) is 5.98. The van der Waals surface area contributed by atoms with Gasteiger partial charge >= 0.3 is 0 Å². The van der Waals surface area contributed by atoms with Crippen LogP contribution < -0.4 is 10.5 Å². The van der Waals surface area contributed by atoms with Crippen molar-refractivity contribution in [3.63, 3.8) is 0 Å². The minimum absolute atomic E-state index is 0.376. The topological polar surface area (TPSA) is 48.1 Å². The molecule has 0 saturated heterocycles. The van der Waals surface area contributed by atoms with E-state index in [2.05, 4.69) is 24.9 Å². The Morgan fingerprint density at radius 1 is 1.39 bits per heavy atom. The molecular weight excluding hydrogens is 244 g/mol. The van der Waals surface area contributed by atoms with Gasteiger partial charge in [-0.1, -0.05) is 19.9 Å². The van der Waals surface area contributed by atoms with Gasteiger partial charge in [-0.25, -0.2) is 4.98 Å². The molecule has 2 aromatic heterocycles. The Balaban J connectivity index is 2.13. The van der Waals surface area contributed by atoms with E-state index in [1.54, 1.807) is 11.3 Å². The summed E-state index contributed by atoms with van der Waals surface area (Å²) in [4.78, 5) is 5.70. The van der Waals surface area contributed by atoms with E-state index < -0.39 is 0 Å². The third-order valence-electron chi connectivity index (χ3n) is 2.65. The predicted octanol–water partition coefficient (Wildman–Crippen LogP) is 3.30. The average Bonchev–Trinajstić information content (AvgIpc) is 2.89. The summed E-state index contributed by atoms with van der Waals surface area (Å²) < 4.78 is 5.73. The third-order valence-corrected chi connectivity index (χ3v) is 3.50. The van der Waals surface area contributed by atoms with Gasteiger partial charge < -0.3 is 10.5 Å². The fourth-order valence-electron chi connectivity index (χ4n) is 1.61. The molecule has 0 saturated carbocycles. The van der Waals surface area contributed by atoms with E-state index in [0.717, 1.165) is 11.3 Å². The van der Waals surface area contributed by atoms with Gasteiger partial charge in [0.25, 0.3) is 0 Å². The molecule has 0 radical (unpaired) electrons. The molecule has 0 fully saturated rings. The lowest BCUT2D eigenvalue weighted by atomic mass is 10.1. The molecule has 0 bridgehead atoms. The zero-order chi connectivity index (χ0) is 13.0. The van der Waals surface area contributed by atoms with Gasteiger partial charge in [0.05, 0.1) is 0 Å². The molecule has 2 heterocycles. The van der Waals surface area contributed by atoms with Gasteiger partial charge in [0.2, 0.25) is 5.88 Å². The van der Waals surface area contributed by atoms with Crippen LogP contribution in [0.25, 0.3) is 0 Å². The highest BCUT2D eigenvalue weighted by Crippen LogP contribution is 2.20. The van der Waals surface area contributed by atoms with Crippen molar-refractivity contribution in [1.82, 2.24) is 4.98 Å². The Hall–Kier alpha value is -1.39. The van der Waals surface area contributed by atoms with E-state index >= 15 is 0 Å². The molecule has 4 heteroatoms. The summed E-state index contributed by atoms with van der Waals surface area (Å²) >= 11 is 1.69. The van der Waals surface area contributed by atoms with Crippen LogP contribution in [-0.4, -0.2) is 4.98 Å². The third kappa shape index (κ3) is 3.31. The molecule has 0 spiro atoms. The van der Waals surface area contributed by atoms with Gasteiger partial charge in [-0.2, -0.15) is 0 Å². The first-order chi connectivity index (χ1) is 8.69. The monoisotopic (exact) mass is 262 g/mol. The van der Waals surface area contributed by atoms with E-state index in [0.29, 0.717) is 24.9 Å². The molecule has 0 aromatic carbocycles. The molecule has 0 aliphatic carbocycles. The van der Waals surface area contributed by atoms with E-state index in [1.807, 2.05) is 23.6 Å². The second-order valence-corrected chi connectivity index (χ2v) is 5.50. The molecule has 2 rings (SSSR count). The Bertz CT molecular complexity index is 495. The Labute approximate surface area is 112 Å². The van der Waals surface area contributed by atoms with Crippen LogP contribution in [0, 0.1) is 0 Å². The van der Waals surface area contributed by atoms with Crippen molar-refractivity contribution in [1.29, 1.82) is 0 Å². The van der Waals surface area contributed by atoms with E-state index in [9.17, 15) is 0 Å². The van der Waals surface area contributed by atoms with Crippen LogP contribution in [0.4, 0.5) is 0 Å². The molecule has 18 heavy (non-hydrogen) atoms. The van der Waals surface area contributed by atoms with E-state index in [4.69, 9.17) is 10.5 Å². The predicted molar refractivity (Wildman–Crippen MR) is 74.9 cm³/mol. The van der Waals surface area contributed by atoms with Crippen molar-refractivity contribution in [2.24, 2.45) is 5.73 Å². The van der Waals surface area contributed by atoms with Crippen molar-refractivity contribution < 1.29 is 4.74 Å². The van der Waals surface area contributed by atoms with Crippen LogP contribution >= 0.6 is 11.3 Å². The van der Waals surface area contributed by atoms with Crippen LogP contribution in [0.15, 0.2) is 29.6 Å². The summed E-state index contributed by atoms with van der Waals surface area (Å²) in [6.07, 6.45) is 0. The molecule has 3 nitrogen and oxygen atoms in total. The van der Waals surface area contributed by atoms with Crippen molar-refractivity contribution in [3.8, 4) is 5.88 Å². The Kier molecular flexibility index (Phi) is 4.33. The number of thiophene rings is 1. The highest BCUT2D eigenvalue weighted by molar-refractivity contribution is 7.09. The Morgan fingerprint density at radius 2 is 2.22 bits per heavy atom. The summed E-state index contributed by atoms with van der Waals surface area (Å²) in [6.45, 7) is 5.31. The maximum Gasteiger partial charge on any atom is 0.214 e. The highest BCUT2D eigenvalue weighted by Gasteiger charge is 2.07.